The molecule has 0 spiro atoms. The van der Waals surface area contributed by atoms with E-state index in [1.807, 2.05) is 42.5 Å². The lowest BCUT2D eigenvalue weighted by Crippen LogP contribution is -2.36. The molecule has 1 aliphatic heterocycles. The number of hydrogen-bond donors (Lipinski definition) is 1. The Morgan fingerprint density at radius 1 is 1.08 bits per heavy atom. The molecule has 1 atom stereocenters. The van der Waals surface area contributed by atoms with Crippen LogP contribution in [0.3, 0.4) is 0 Å². The quantitative estimate of drug-likeness (QED) is 0.316. The normalized spacial score (nSPS) is 15.4. The number of halogens is 2. The standard InChI is InChI=1S/C30H31F2N3O3/c1-5-11-21-16-24(18-25(27(21)38-4)20-12-8-7-9-13-20)35-29(37)26(19(3)34-35)28(36)33-23-15-10-14-22(17-23)30(31,32)6-2/h7-10,12-18,26H,5-6,11H2,1-4H3,(H,33,36). The summed E-state index contributed by atoms with van der Waals surface area (Å²) >= 11 is 0. The molecule has 1 aliphatic rings. The van der Waals surface area contributed by atoms with Crippen molar-refractivity contribution in [3.63, 3.8) is 0 Å². The number of rotatable bonds is 9. The fraction of sp³-hybridized carbons (Fsp3) is 0.300. The number of hydrazone groups is 1. The molecule has 0 fully saturated rings. The van der Waals surface area contributed by atoms with E-state index in [1.165, 1.54) is 36.2 Å². The number of carbonyl (C=O) groups excluding carboxylic acids is 2. The number of amides is 2. The number of ether oxygens (including phenoxy) is 1. The fourth-order valence-electron chi connectivity index (χ4n) is 4.62. The highest BCUT2D eigenvalue weighted by Gasteiger charge is 2.40. The van der Waals surface area contributed by atoms with E-state index in [0.29, 0.717) is 11.4 Å². The van der Waals surface area contributed by atoms with E-state index in [2.05, 4.69) is 17.3 Å². The molecule has 0 aromatic heterocycles. The average Bonchev–Trinajstić information content (AvgIpc) is 3.22. The molecule has 8 heteroatoms. The van der Waals surface area contributed by atoms with E-state index < -0.39 is 23.7 Å². The molecule has 1 heterocycles. The molecule has 3 aromatic rings. The van der Waals surface area contributed by atoms with Crippen molar-refractivity contribution in [2.75, 3.05) is 17.4 Å². The van der Waals surface area contributed by atoms with Gasteiger partial charge in [0.25, 0.3) is 11.8 Å². The van der Waals surface area contributed by atoms with Crippen LogP contribution in [0.2, 0.25) is 0 Å². The zero-order valence-electron chi connectivity index (χ0n) is 21.9. The van der Waals surface area contributed by atoms with Crippen LogP contribution in [0.5, 0.6) is 5.75 Å². The summed E-state index contributed by atoms with van der Waals surface area (Å²) in [5, 5.41) is 8.29. The van der Waals surface area contributed by atoms with Gasteiger partial charge >= 0.3 is 0 Å². The van der Waals surface area contributed by atoms with Crippen LogP contribution in [0.4, 0.5) is 20.2 Å². The Labute approximate surface area is 221 Å². The molecule has 2 amide bonds. The van der Waals surface area contributed by atoms with Crippen LogP contribution in [-0.4, -0.2) is 24.6 Å². The molecule has 0 radical (unpaired) electrons. The smallest absolute Gasteiger partial charge is 0.273 e. The van der Waals surface area contributed by atoms with Gasteiger partial charge in [0.2, 0.25) is 5.91 Å². The van der Waals surface area contributed by atoms with Crippen molar-refractivity contribution < 1.29 is 23.1 Å². The zero-order chi connectivity index (χ0) is 27.4. The van der Waals surface area contributed by atoms with Gasteiger partial charge in [-0.15, -0.1) is 0 Å². The van der Waals surface area contributed by atoms with Crippen LogP contribution in [-0.2, 0) is 21.9 Å². The molecule has 0 saturated carbocycles. The third-order valence-electron chi connectivity index (χ3n) is 6.59. The number of benzene rings is 3. The van der Waals surface area contributed by atoms with Crippen molar-refractivity contribution >= 4 is 28.9 Å². The Morgan fingerprint density at radius 2 is 1.82 bits per heavy atom. The van der Waals surface area contributed by atoms with Crippen LogP contribution >= 0.6 is 0 Å². The molecule has 38 heavy (non-hydrogen) atoms. The number of methoxy groups -OCH3 is 1. The lowest BCUT2D eigenvalue weighted by atomic mass is 9.97. The first-order valence-corrected chi connectivity index (χ1v) is 12.6. The van der Waals surface area contributed by atoms with Crippen molar-refractivity contribution in [2.45, 2.75) is 46.0 Å². The summed E-state index contributed by atoms with van der Waals surface area (Å²) in [6.07, 6.45) is 1.23. The Balaban J connectivity index is 1.65. The molecular formula is C30H31F2N3O3. The Bertz CT molecular complexity index is 1370. The first-order chi connectivity index (χ1) is 18.2. The third-order valence-corrected chi connectivity index (χ3v) is 6.59. The zero-order valence-corrected chi connectivity index (χ0v) is 21.9. The first kappa shape index (κ1) is 27.0. The maximum Gasteiger partial charge on any atom is 0.273 e. The van der Waals surface area contributed by atoms with Gasteiger partial charge in [-0.2, -0.15) is 10.1 Å². The lowest BCUT2D eigenvalue weighted by Gasteiger charge is -2.20. The lowest BCUT2D eigenvalue weighted by molar-refractivity contribution is -0.127. The van der Waals surface area contributed by atoms with Crippen LogP contribution in [0, 0.1) is 5.92 Å². The van der Waals surface area contributed by atoms with E-state index >= 15 is 0 Å². The molecule has 4 rings (SSSR count). The number of hydrogen-bond acceptors (Lipinski definition) is 4. The van der Waals surface area contributed by atoms with Crippen LogP contribution in [0.1, 0.15) is 44.7 Å². The number of carbonyl (C=O) groups is 2. The number of aryl methyl sites for hydroxylation is 1. The van der Waals surface area contributed by atoms with Gasteiger partial charge in [-0.25, -0.2) is 8.78 Å². The Kier molecular flexibility index (Phi) is 7.90. The van der Waals surface area contributed by atoms with Gasteiger partial charge in [0.15, 0.2) is 5.92 Å². The Morgan fingerprint density at radius 3 is 2.47 bits per heavy atom. The molecule has 0 bridgehead atoms. The van der Waals surface area contributed by atoms with Gasteiger partial charge in [-0.1, -0.05) is 62.7 Å². The Hall–Kier alpha value is -4.07. The third kappa shape index (κ3) is 5.30. The van der Waals surface area contributed by atoms with E-state index in [1.54, 1.807) is 14.0 Å². The molecule has 6 nitrogen and oxygen atoms in total. The van der Waals surface area contributed by atoms with Crippen molar-refractivity contribution in [2.24, 2.45) is 11.0 Å². The molecule has 1 unspecified atom stereocenters. The second-order valence-electron chi connectivity index (χ2n) is 9.25. The maximum absolute atomic E-state index is 14.2. The number of nitrogens with zero attached hydrogens (tertiary/aromatic N) is 2. The number of anilines is 2. The topological polar surface area (TPSA) is 71.0 Å². The van der Waals surface area contributed by atoms with E-state index in [4.69, 9.17) is 4.74 Å². The fourth-order valence-corrected chi connectivity index (χ4v) is 4.62. The highest BCUT2D eigenvalue weighted by Crippen LogP contribution is 2.39. The second kappa shape index (κ2) is 11.1. The largest absolute Gasteiger partial charge is 0.496 e. The summed E-state index contributed by atoms with van der Waals surface area (Å²) in [5.74, 6) is -4.60. The van der Waals surface area contributed by atoms with E-state index in [-0.39, 0.29) is 17.7 Å². The predicted molar refractivity (Wildman–Crippen MR) is 146 cm³/mol. The highest BCUT2D eigenvalue weighted by molar-refractivity contribution is 6.28. The van der Waals surface area contributed by atoms with Gasteiger partial charge in [-0.05, 0) is 48.7 Å². The summed E-state index contributed by atoms with van der Waals surface area (Å²) in [4.78, 5) is 26.6. The summed E-state index contributed by atoms with van der Waals surface area (Å²) in [5.41, 5.74) is 3.51. The minimum absolute atomic E-state index is 0.195. The predicted octanol–water partition coefficient (Wildman–Crippen LogP) is 6.79. The van der Waals surface area contributed by atoms with Crippen LogP contribution in [0.15, 0.2) is 71.8 Å². The van der Waals surface area contributed by atoms with Crippen LogP contribution < -0.4 is 15.1 Å². The van der Waals surface area contributed by atoms with Gasteiger partial charge in [0.1, 0.15) is 5.75 Å². The van der Waals surface area contributed by atoms with Crippen molar-refractivity contribution in [3.8, 4) is 16.9 Å². The number of nitrogens with one attached hydrogen (secondary N) is 1. The molecular weight excluding hydrogens is 488 g/mol. The van der Waals surface area contributed by atoms with Crippen molar-refractivity contribution in [3.05, 3.63) is 77.9 Å². The SMILES string of the molecule is CCCc1cc(N2N=C(C)C(C(=O)Nc3cccc(C(F)(F)CC)c3)C2=O)cc(-c2ccccc2)c1OC. The molecule has 0 saturated heterocycles. The summed E-state index contributed by atoms with van der Waals surface area (Å²) < 4.78 is 34.1. The molecule has 198 valence electrons. The van der Waals surface area contributed by atoms with E-state index in [9.17, 15) is 18.4 Å². The molecule has 3 aromatic carbocycles. The van der Waals surface area contributed by atoms with E-state index in [0.717, 1.165) is 35.3 Å². The summed E-state index contributed by atoms with van der Waals surface area (Å²) in [6.45, 7) is 5.06. The maximum atomic E-state index is 14.2. The summed E-state index contributed by atoms with van der Waals surface area (Å²) in [7, 11) is 1.62. The van der Waals surface area contributed by atoms with Gasteiger partial charge in [0.05, 0.1) is 18.5 Å². The van der Waals surface area contributed by atoms with Crippen molar-refractivity contribution in [1.82, 2.24) is 0 Å². The molecule has 1 N–H and O–H groups in total. The van der Waals surface area contributed by atoms with Gasteiger partial charge in [-0.3, -0.25) is 9.59 Å². The minimum atomic E-state index is -3.01. The molecule has 0 aliphatic carbocycles. The second-order valence-corrected chi connectivity index (χ2v) is 9.25. The van der Waals surface area contributed by atoms with Crippen LogP contribution in [0.25, 0.3) is 11.1 Å². The van der Waals surface area contributed by atoms with Gasteiger partial charge in [0, 0.05) is 23.2 Å². The van der Waals surface area contributed by atoms with Crippen molar-refractivity contribution in [1.29, 1.82) is 0 Å². The first-order valence-electron chi connectivity index (χ1n) is 12.6. The monoisotopic (exact) mass is 519 g/mol. The number of alkyl halides is 2. The summed E-state index contributed by atoms with van der Waals surface area (Å²) in [6, 6.07) is 18.9. The van der Waals surface area contributed by atoms with Gasteiger partial charge < -0.3 is 10.1 Å². The minimum Gasteiger partial charge on any atom is -0.496 e. The highest BCUT2D eigenvalue weighted by atomic mass is 19.3. The average molecular weight is 520 g/mol.